The van der Waals surface area contributed by atoms with Crippen molar-refractivity contribution in [2.24, 2.45) is 5.41 Å². The largest absolute Gasteiger partial charge is 0.371 e. The van der Waals surface area contributed by atoms with Gasteiger partial charge in [0.1, 0.15) is 17.2 Å². The van der Waals surface area contributed by atoms with Gasteiger partial charge in [0, 0.05) is 37.2 Å². The van der Waals surface area contributed by atoms with E-state index in [1.165, 1.54) is 62.8 Å². The van der Waals surface area contributed by atoms with E-state index < -0.39 is 5.95 Å². The van der Waals surface area contributed by atoms with E-state index in [1.54, 1.807) is 12.1 Å². The van der Waals surface area contributed by atoms with Gasteiger partial charge >= 0.3 is 0 Å². The summed E-state index contributed by atoms with van der Waals surface area (Å²) in [6, 6.07) is 12.6. The maximum absolute atomic E-state index is 13.6. The number of hydrogen-bond acceptors (Lipinski definition) is 8. The molecule has 2 aliphatic heterocycles. The Balaban J connectivity index is 1.27. The van der Waals surface area contributed by atoms with E-state index in [9.17, 15) is 9.18 Å². The average Bonchev–Trinajstić information content (AvgIpc) is 2.95. The summed E-state index contributed by atoms with van der Waals surface area (Å²) in [6.45, 7) is 8.48. The van der Waals surface area contributed by atoms with E-state index in [-0.39, 0.29) is 29.7 Å². The second-order valence-corrected chi connectivity index (χ2v) is 10.4. The van der Waals surface area contributed by atoms with Gasteiger partial charge in [-0.2, -0.15) is 9.37 Å². The van der Waals surface area contributed by atoms with Gasteiger partial charge in [0.2, 0.25) is 11.9 Å². The van der Waals surface area contributed by atoms with E-state index >= 15 is 0 Å². The summed E-state index contributed by atoms with van der Waals surface area (Å²) in [7, 11) is 2.22. The van der Waals surface area contributed by atoms with E-state index in [4.69, 9.17) is 0 Å². The maximum Gasteiger partial charge on any atom is 0.256 e. The number of piperidine rings is 2. The molecular weight excluding hydrogens is 495 g/mol. The molecule has 1 spiro atoms. The Morgan fingerprint density at radius 2 is 1.74 bits per heavy atom. The van der Waals surface area contributed by atoms with Crippen molar-refractivity contribution in [3.63, 3.8) is 0 Å². The fraction of sp³-hybridized carbons (Fsp3) is 0.379. The Bertz CT molecular complexity index is 1300. The zero-order valence-corrected chi connectivity index (χ0v) is 22.3. The molecule has 204 valence electrons. The Morgan fingerprint density at radius 1 is 1.03 bits per heavy atom. The highest BCUT2D eigenvalue weighted by Gasteiger charge is 2.36. The fourth-order valence-electron chi connectivity index (χ4n) is 5.28. The number of rotatable bonds is 8. The fourth-order valence-corrected chi connectivity index (χ4v) is 5.28. The number of benzene rings is 1. The first-order valence-corrected chi connectivity index (χ1v) is 13.4. The van der Waals surface area contributed by atoms with Gasteiger partial charge in [0.05, 0.1) is 0 Å². The Morgan fingerprint density at radius 3 is 2.44 bits per heavy atom. The van der Waals surface area contributed by atoms with Crippen LogP contribution < -0.4 is 20.9 Å². The summed E-state index contributed by atoms with van der Waals surface area (Å²) in [4.78, 5) is 30.2. The standard InChI is InChI=1S/C29H35FN8O/c1-3-15-31-27(39)23-20-32-28(36-26(23)35-25-6-4-5-24(30)34-25)33-21-7-9-22(10-8-21)38-18-13-29(14-19-38)11-16-37(2)17-12-29/h3-10,20H,1,11-19H2,2H3,(H,31,39)(H2,32,33,34,35,36). The van der Waals surface area contributed by atoms with Crippen LogP contribution in [0.25, 0.3) is 0 Å². The van der Waals surface area contributed by atoms with Crippen LogP contribution in [0, 0.1) is 11.4 Å². The molecule has 0 radical (unpaired) electrons. The first-order chi connectivity index (χ1) is 18.9. The molecule has 10 heteroatoms. The third kappa shape index (κ3) is 6.51. The van der Waals surface area contributed by atoms with E-state index in [0.29, 0.717) is 11.4 Å². The van der Waals surface area contributed by atoms with Crippen LogP contribution >= 0.6 is 0 Å². The minimum absolute atomic E-state index is 0.205. The highest BCUT2D eigenvalue weighted by atomic mass is 19.1. The molecule has 0 saturated carbocycles. The van der Waals surface area contributed by atoms with E-state index in [0.717, 1.165) is 18.8 Å². The first-order valence-electron chi connectivity index (χ1n) is 13.4. The van der Waals surface area contributed by atoms with Crippen LogP contribution in [-0.2, 0) is 0 Å². The Kier molecular flexibility index (Phi) is 8.02. The topological polar surface area (TPSA) is 98.3 Å². The van der Waals surface area contributed by atoms with Crippen molar-refractivity contribution in [3.8, 4) is 0 Å². The lowest BCUT2D eigenvalue weighted by atomic mass is 9.71. The van der Waals surface area contributed by atoms with E-state index in [1.807, 2.05) is 12.1 Å². The summed E-state index contributed by atoms with van der Waals surface area (Å²) < 4.78 is 13.6. The quantitative estimate of drug-likeness (QED) is 0.284. The highest BCUT2D eigenvalue weighted by Crippen LogP contribution is 2.42. The van der Waals surface area contributed by atoms with Crippen LogP contribution in [0.2, 0.25) is 0 Å². The molecule has 39 heavy (non-hydrogen) atoms. The van der Waals surface area contributed by atoms with Gasteiger partial charge in [0.15, 0.2) is 0 Å². The molecule has 0 aliphatic carbocycles. The van der Waals surface area contributed by atoms with Crippen LogP contribution in [-0.4, -0.2) is 65.5 Å². The molecule has 5 rings (SSSR count). The summed E-state index contributed by atoms with van der Waals surface area (Å²) >= 11 is 0. The van der Waals surface area contributed by atoms with Crippen LogP contribution in [0.4, 0.5) is 33.3 Å². The van der Waals surface area contributed by atoms with Crippen LogP contribution in [0.5, 0.6) is 0 Å². The lowest BCUT2D eigenvalue weighted by Gasteiger charge is -2.46. The van der Waals surface area contributed by atoms with Gasteiger partial charge < -0.3 is 25.8 Å². The molecule has 0 bridgehead atoms. The number of likely N-dealkylation sites (tertiary alicyclic amines) is 1. The zero-order chi connectivity index (χ0) is 27.2. The third-order valence-corrected chi connectivity index (χ3v) is 7.76. The van der Waals surface area contributed by atoms with Gasteiger partial charge in [-0.25, -0.2) is 9.97 Å². The number of hydrogen-bond donors (Lipinski definition) is 3. The van der Waals surface area contributed by atoms with Gasteiger partial charge in [-0.15, -0.1) is 6.58 Å². The molecule has 3 aromatic rings. The lowest BCUT2D eigenvalue weighted by molar-refractivity contribution is 0.0944. The highest BCUT2D eigenvalue weighted by molar-refractivity contribution is 5.99. The van der Waals surface area contributed by atoms with Crippen molar-refractivity contribution >= 4 is 34.9 Å². The summed E-state index contributed by atoms with van der Waals surface area (Å²) in [5.74, 6) is -0.289. The van der Waals surface area contributed by atoms with Crippen molar-refractivity contribution in [1.82, 2.24) is 25.2 Å². The molecule has 3 N–H and O–H groups in total. The third-order valence-electron chi connectivity index (χ3n) is 7.76. The zero-order valence-electron chi connectivity index (χ0n) is 22.3. The van der Waals surface area contributed by atoms with Crippen molar-refractivity contribution in [2.75, 3.05) is 55.3 Å². The lowest BCUT2D eigenvalue weighted by Crippen LogP contribution is -2.46. The summed E-state index contributed by atoms with van der Waals surface area (Å²) in [5, 5.41) is 8.86. The van der Waals surface area contributed by atoms with Crippen LogP contribution in [0.3, 0.4) is 0 Å². The molecule has 4 heterocycles. The van der Waals surface area contributed by atoms with Gasteiger partial charge in [-0.05, 0) is 87.6 Å². The predicted molar refractivity (Wildman–Crippen MR) is 152 cm³/mol. The smallest absolute Gasteiger partial charge is 0.256 e. The minimum Gasteiger partial charge on any atom is -0.371 e. The summed E-state index contributed by atoms with van der Waals surface area (Å²) in [6.07, 6.45) is 8.11. The Hall–Kier alpha value is -4.05. The van der Waals surface area contributed by atoms with Gasteiger partial charge in [-0.3, -0.25) is 4.79 Å². The van der Waals surface area contributed by atoms with Crippen molar-refractivity contribution in [3.05, 3.63) is 72.8 Å². The molecule has 1 amide bonds. The Labute approximate surface area is 228 Å². The maximum atomic E-state index is 13.6. The molecular formula is C29H35FN8O. The monoisotopic (exact) mass is 530 g/mol. The predicted octanol–water partition coefficient (Wildman–Crippen LogP) is 4.73. The van der Waals surface area contributed by atoms with Crippen molar-refractivity contribution in [1.29, 1.82) is 0 Å². The van der Waals surface area contributed by atoms with Crippen LogP contribution in [0.15, 0.2) is 61.3 Å². The molecule has 2 aromatic heterocycles. The number of carbonyl (C=O) groups is 1. The molecule has 0 atom stereocenters. The molecule has 9 nitrogen and oxygen atoms in total. The van der Waals surface area contributed by atoms with Gasteiger partial charge in [-0.1, -0.05) is 12.1 Å². The average molecular weight is 531 g/mol. The number of pyridine rings is 1. The number of nitrogens with one attached hydrogen (secondary N) is 3. The number of aromatic nitrogens is 3. The number of halogens is 1. The molecule has 2 saturated heterocycles. The van der Waals surface area contributed by atoms with Crippen molar-refractivity contribution in [2.45, 2.75) is 25.7 Å². The number of carbonyl (C=O) groups excluding carboxylic acids is 1. The molecule has 2 fully saturated rings. The van der Waals surface area contributed by atoms with Crippen molar-refractivity contribution < 1.29 is 9.18 Å². The summed E-state index contributed by atoms with van der Waals surface area (Å²) in [5.41, 5.74) is 2.75. The number of amides is 1. The van der Waals surface area contributed by atoms with Gasteiger partial charge in [0.25, 0.3) is 5.91 Å². The van der Waals surface area contributed by atoms with Crippen LogP contribution in [0.1, 0.15) is 36.0 Å². The van der Waals surface area contributed by atoms with E-state index in [2.05, 4.69) is 66.5 Å². The second-order valence-electron chi connectivity index (χ2n) is 10.4. The minimum atomic E-state index is -0.639. The second kappa shape index (κ2) is 11.8. The molecule has 1 aromatic carbocycles. The normalized spacial score (nSPS) is 17.0. The number of anilines is 5. The first kappa shape index (κ1) is 26.6. The molecule has 0 unspecified atom stereocenters. The molecule has 2 aliphatic rings. The number of nitrogens with zero attached hydrogens (tertiary/aromatic N) is 5. The SMILES string of the molecule is C=CCNC(=O)c1cnc(Nc2ccc(N3CCC4(CCN(C)CC4)CC3)cc2)nc1Nc1cccc(F)n1.